The van der Waals surface area contributed by atoms with Gasteiger partial charge in [0.25, 0.3) is 0 Å². The quantitative estimate of drug-likeness (QED) is 0.916. The molecule has 0 saturated carbocycles. The molecule has 1 aromatic carbocycles. The van der Waals surface area contributed by atoms with E-state index in [1.54, 1.807) is 22.5 Å². The second-order valence-corrected chi connectivity index (χ2v) is 7.18. The number of nitrogens with zero attached hydrogens (tertiary/aromatic N) is 1. The first-order valence-corrected chi connectivity index (χ1v) is 8.30. The van der Waals surface area contributed by atoms with Crippen molar-refractivity contribution in [3.05, 3.63) is 23.8 Å². The Labute approximate surface area is 120 Å². The highest BCUT2D eigenvalue weighted by atomic mass is 32.2. The van der Waals surface area contributed by atoms with E-state index in [0.29, 0.717) is 31.3 Å². The van der Waals surface area contributed by atoms with E-state index in [0.717, 1.165) is 18.4 Å². The van der Waals surface area contributed by atoms with Gasteiger partial charge in [0.05, 0.1) is 7.11 Å². The molecule has 1 fully saturated rings. The van der Waals surface area contributed by atoms with Gasteiger partial charge in [0.2, 0.25) is 10.0 Å². The lowest BCUT2D eigenvalue weighted by molar-refractivity contribution is 0.287. The predicted molar refractivity (Wildman–Crippen MR) is 78.0 cm³/mol. The highest BCUT2D eigenvalue weighted by Crippen LogP contribution is 2.30. The lowest BCUT2D eigenvalue weighted by atomic mass is 10.0. The van der Waals surface area contributed by atoms with E-state index >= 15 is 0 Å². The molecule has 0 radical (unpaired) electrons. The van der Waals surface area contributed by atoms with Crippen molar-refractivity contribution in [3.63, 3.8) is 0 Å². The number of rotatable bonds is 4. The van der Waals surface area contributed by atoms with E-state index in [9.17, 15) is 8.42 Å². The van der Waals surface area contributed by atoms with E-state index < -0.39 is 10.0 Å². The molecule has 1 aromatic rings. The number of ether oxygens (including phenoxy) is 1. The number of sulfonamides is 1. The molecular formula is C14H22N2O3S. The van der Waals surface area contributed by atoms with E-state index in [4.69, 9.17) is 10.5 Å². The van der Waals surface area contributed by atoms with Crippen LogP contribution in [0.5, 0.6) is 5.75 Å². The predicted octanol–water partition coefficient (Wildman–Crippen LogP) is 1.57. The lowest BCUT2D eigenvalue weighted by Crippen LogP contribution is -2.38. The third-order valence-corrected chi connectivity index (χ3v) is 5.74. The summed E-state index contributed by atoms with van der Waals surface area (Å²) in [6, 6.07) is 5.07. The number of nitrogens with two attached hydrogens (primary N) is 1. The molecule has 0 aromatic heterocycles. The maximum atomic E-state index is 12.7. The fraction of sp³-hybridized carbons (Fsp3) is 0.571. The second kappa shape index (κ2) is 6.11. The van der Waals surface area contributed by atoms with E-state index in [1.165, 1.54) is 7.11 Å². The van der Waals surface area contributed by atoms with Crippen LogP contribution in [0.1, 0.15) is 25.3 Å². The fourth-order valence-electron chi connectivity index (χ4n) is 2.41. The average Bonchev–Trinajstić information content (AvgIpc) is 2.47. The molecule has 1 saturated heterocycles. The van der Waals surface area contributed by atoms with E-state index in [1.807, 2.05) is 0 Å². The molecule has 0 bridgehead atoms. The Bertz CT molecular complexity index is 564. The van der Waals surface area contributed by atoms with E-state index in [-0.39, 0.29) is 4.90 Å². The minimum Gasteiger partial charge on any atom is -0.495 e. The zero-order chi connectivity index (χ0) is 14.8. The summed E-state index contributed by atoms with van der Waals surface area (Å²) >= 11 is 0. The Kier molecular flexibility index (Phi) is 4.67. The summed E-state index contributed by atoms with van der Waals surface area (Å²) in [5.41, 5.74) is 6.39. The summed E-state index contributed by atoms with van der Waals surface area (Å²) in [5.74, 6) is 0.958. The van der Waals surface area contributed by atoms with Crippen molar-refractivity contribution >= 4 is 10.0 Å². The number of methoxy groups -OCH3 is 1. The molecule has 112 valence electrons. The van der Waals surface area contributed by atoms with Crippen molar-refractivity contribution < 1.29 is 13.2 Å². The zero-order valence-electron chi connectivity index (χ0n) is 12.0. The highest BCUT2D eigenvalue weighted by molar-refractivity contribution is 7.89. The number of piperidine rings is 1. The van der Waals surface area contributed by atoms with Gasteiger partial charge in [-0.15, -0.1) is 0 Å². The van der Waals surface area contributed by atoms with Crippen LogP contribution >= 0.6 is 0 Å². The third-order valence-electron chi connectivity index (χ3n) is 3.82. The largest absolute Gasteiger partial charge is 0.495 e. The average molecular weight is 298 g/mol. The van der Waals surface area contributed by atoms with Crippen LogP contribution < -0.4 is 10.5 Å². The van der Waals surface area contributed by atoms with Gasteiger partial charge < -0.3 is 10.5 Å². The van der Waals surface area contributed by atoms with Crippen LogP contribution in [0.25, 0.3) is 0 Å². The SMILES string of the molecule is COc1ccc(CN)cc1S(=O)(=O)N1CCC(C)CC1. The maximum Gasteiger partial charge on any atom is 0.246 e. The van der Waals surface area contributed by atoms with Crippen LogP contribution in [0.4, 0.5) is 0 Å². The minimum atomic E-state index is -3.51. The van der Waals surface area contributed by atoms with Gasteiger partial charge in [0, 0.05) is 19.6 Å². The van der Waals surface area contributed by atoms with Crippen LogP contribution in [0.15, 0.2) is 23.1 Å². The molecule has 0 atom stereocenters. The Morgan fingerprint density at radius 3 is 2.55 bits per heavy atom. The van der Waals surface area contributed by atoms with Gasteiger partial charge in [-0.2, -0.15) is 4.31 Å². The summed E-state index contributed by atoms with van der Waals surface area (Å²) in [5, 5.41) is 0. The minimum absolute atomic E-state index is 0.220. The van der Waals surface area contributed by atoms with Crippen molar-refractivity contribution in [2.75, 3.05) is 20.2 Å². The molecule has 1 heterocycles. The number of hydrogen-bond donors (Lipinski definition) is 1. The van der Waals surface area contributed by atoms with Gasteiger partial charge in [-0.25, -0.2) is 8.42 Å². The Hall–Kier alpha value is -1.11. The van der Waals surface area contributed by atoms with Crippen LogP contribution in [0, 0.1) is 5.92 Å². The highest BCUT2D eigenvalue weighted by Gasteiger charge is 2.30. The Morgan fingerprint density at radius 1 is 1.35 bits per heavy atom. The topological polar surface area (TPSA) is 72.6 Å². The van der Waals surface area contributed by atoms with E-state index in [2.05, 4.69) is 6.92 Å². The van der Waals surface area contributed by atoms with Crippen molar-refractivity contribution in [2.45, 2.75) is 31.2 Å². The molecule has 6 heteroatoms. The van der Waals surface area contributed by atoms with Crippen molar-refractivity contribution in [1.82, 2.24) is 4.31 Å². The molecule has 2 rings (SSSR count). The van der Waals surface area contributed by atoms with Gasteiger partial charge in [-0.1, -0.05) is 13.0 Å². The smallest absolute Gasteiger partial charge is 0.246 e. The maximum absolute atomic E-state index is 12.7. The van der Waals surface area contributed by atoms with Gasteiger partial charge in [0.1, 0.15) is 10.6 Å². The number of benzene rings is 1. The summed E-state index contributed by atoms with van der Waals surface area (Å²) in [6.45, 7) is 3.60. The second-order valence-electron chi connectivity index (χ2n) is 5.28. The first kappa shape index (κ1) is 15.3. The van der Waals surface area contributed by atoms with Gasteiger partial charge in [-0.3, -0.25) is 0 Å². The third kappa shape index (κ3) is 2.97. The molecular weight excluding hydrogens is 276 g/mol. The molecule has 0 unspecified atom stereocenters. The molecule has 0 amide bonds. The molecule has 5 nitrogen and oxygen atoms in total. The molecule has 2 N–H and O–H groups in total. The van der Waals surface area contributed by atoms with Crippen molar-refractivity contribution in [1.29, 1.82) is 0 Å². The summed E-state index contributed by atoms with van der Waals surface area (Å²) < 4.78 is 32.2. The summed E-state index contributed by atoms with van der Waals surface area (Å²) in [4.78, 5) is 0.220. The van der Waals surface area contributed by atoms with Crippen LogP contribution in [0.2, 0.25) is 0 Å². The molecule has 1 aliphatic rings. The van der Waals surface area contributed by atoms with Crippen LogP contribution in [0.3, 0.4) is 0 Å². The molecule has 0 aliphatic carbocycles. The summed E-state index contributed by atoms with van der Waals surface area (Å²) in [7, 11) is -2.03. The summed E-state index contributed by atoms with van der Waals surface area (Å²) in [6.07, 6.45) is 1.80. The van der Waals surface area contributed by atoms with Gasteiger partial charge in [-0.05, 0) is 36.5 Å². The van der Waals surface area contributed by atoms with Crippen molar-refractivity contribution in [2.24, 2.45) is 11.7 Å². The number of hydrogen-bond acceptors (Lipinski definition) is 4. The first-order valence-electron chi connectivity index (χ1n) is 6.86. The molecule has 1 aliphatic heterocycles. The monoisotopic (exact) mass is 298 g/mol. The Morgan fingerprint density at radius 2 is 2.00 bits per heavy atom. The van der Waals surface area contributed by atoms with Crippen LogP contribution in [-0.4, -0.2) is 32.9 Å². The lowest BCUT2D eigenvalue weighted by Gasteiger charge is -2.29. The first-order chi connectivity index (χ1) is 9.48. The zero-order valence-corrected chi connectivity index (χ0v) is 12.8. The van der Waals surface area contributed by atoms with Crippen LogP contribution in [-0.2, 0) is 16.6 Å². The van der Waals surface area contributed by atoms with Crippen molar-refractivity contribution in [3.8, 4) is 5.75 Å². The van der Waals surface area contributed by atoms with Gasteiger partial charge in [0.15, 0.2) is 0 Å². The molecule has 20 heavy (non-hydrogen) atoms. The Balaban J connectivity index is 2.37. The standard InChI is InChI=1S/C14H22N2O3S/c1-11-5-7-16(8-6-11)20(17,18)14-9-12(10-15)3-4-13(14)19-2/h3-4,9,11H,5-8,10,15H2,1-2H3. The normalized spacial score (nSPS) is 18.1. The molecule has 0 spiro atoms. The van der Waals surface area contributed by atoms with Gasteiger partial charge >= 0.3 is 0 Å². The fourth-order valence-corrected chi connectivity index (χ4v) is 4.09.